The number of piperazine rings is 1. The van der Waals surface area contributed by atoms with Crippen LogP contribution in [0.5, 0.6) is 0 Å². The molecule has 0 spiro atoms. The number of aliphatic hydroxyl groups is 1. The van der Waals surface area contributed by atoms with Gasteiger partial charge in [0.15, 0.2) is 0 Å². The van der Waals surface area contributed by atoms with E-state index in [1.807, 2.05) is 91.2 Å². The molecule has 5 rings (SSSR count). The number of likely N-dealkylation sites (tertiary alicyclic amines) is 1. The lowest BCUT2D eigenvalue weighted by Crippen LogP contribution is -2.57. The molecule has 15 nitrogen and oxygen atoms in total. The first-order valence-corrected chi connectivity index (χ1v) is 21.7. The van der Waals surface area contributed by atoms with Gasteiger partial charge in [0, 0.05) is 52.1 Å². The van der Waals surface area contributed by atoms with Crippen molar-refractivity contribution in [3.63, 3.8) is 0 Å². The molecule has 2 aliphatic heterocycles. The molecule has 16 heteroatoms. The Labute approximate surface area is 357 Å². The summed E-state index contributed by atoms with van der Waals surface area (Å²) in [6.45, 7) is 17.7. The van der Waals surface area contributed by atoms with Crippen LogP contribution in [0.4, 0.5) is 10.5 Å². The number of nitrogens with one attached hydrogen (secondary N) is 3. The number of thiazole rings is 1. The minimum Gasteiger partial charge on any atom is -0.444 e. The molecule has 1 aromatic carbocycles. The van der Waals surface area contributed by atoms with Crippen LogP contribution in [0.15, 0.2) is 48.1 Å². The van der Waals surface area contributed by atoms with Crippen LogP contribution < -0.4 is 20.9 Å². The second kappa shape index (κ2) is 20.0. The highest BCUT2D eigenvalue weighted by Crippen LogP contribution is 2.30. The normalized spacial score (nSPS) is 18.1. The second-order valence-corrected chi connectivity index (χ2v) is 18.7. The van der Waals surface area contributed by atoms with Crippen molar-refractivity contribution in [2.45, 2.75) is 117 Å². The summed E-state index contributed by atoms with van der Waals surface area (Å²) >= 11 is 1.57. The molecule has 326 valence electrons. The van der Waals surface area contributed by atoms with E-state index in [2.05, 4.69) is 30.8 Å². The van der Waals surface area contributed by atoms with Gasteiger partial charge in [0.25, 0.3) is 5.91 Å². The van der Waals surface area contributed by atoms with E-state index < -0.39 is 35.1 Å². The zero-order chi connectivity index (χ0) is 43.8. The van der Waals surface area contributed by atoms with E-state index in [0.717, 1.165) is 27.4 Å². The molecular formula is C44H62N8O7S. The molecule has 0 bridgehead atoms. The Bertz CT molecular complexity index is 1950. The smallest absolute Gasteiger partial charge is 0.410 e. The first kappa shape index (κ1) is 46.0. The van der Waals surface area contributed by atoms with Crippen LogP contribution in [0.25, 0.3) is 10.4 Å². The van der Waals surface area contributed by atoms with E-state index in [1.165, 1.54) is 4.90 Å². The van der Waals surface area contributed by atoms with Gasteiger partial charge in [-0.05, 0) is 76.1 Å². The lowest BCUT2D eigenvalue weighted by molar-refractivity contribution is -0.144. The van der Waals surface area contributed by atoms with Crippen LogP contribution in [0.2, 0.25) is 0 Å². The maximum absolute atomic E-state index is 14.0. The number of hydrogen-bond donors (Lipinski definition) is 4. The fourth-order valence-electron chi connectivity index (χ4n) is 7.31. The number of aromatic nitrogens is 2. The van der Waals surface area contributed by atoms with Gasteiger partial charge in [-0.2, -0.15) is 0 Å². The third-order valence-electron chi connectivity index (χ3n) is 10.7. The summed E-state index contributed by atoms with van der Waals surface area (Å²) in [6.07, 6.45) is 2.65. The molecule has 0 unspecified atom stereocenters. The predicted molar refractivity (Wildman–Crippen MR) is 231 cm³/mol. The van der Waals surface area contributed by atoms with Crippen LogP contribution in [0.3, 0.4) is 0 Å². The highest BCUT2D eigenvalue weighted by Gasteiger charge is 2.44. The van der Waals surface area contributed by atoms with Crippen molar-refractivity contribution in [1.82, 2.24) is 35.7 Å². The summed E-state index contributed by atoms with van der Waals surface area (Å²) in [5, 5.41) is 19.4. The summed E-state index contributed by atoms with van der Waals surface area (Å²) in [7, 11) is 0. The Balaban J connectivity index is 1.03. The molecule has 4 atom stereocenters. The van der Waals surface area contributed by atoms with E-state index in [9.17, 15) is 29.1 Å². The molecule has 0 saturated carbocycles. The van der Waals surface area contributed by atoms with Gasteiger partial charge in [-0.25, -0.2) is 14.8 Å². The number of aliphatic hydroxyl groups excluding tert-OH is 1. The monoisotopic (exact) mass is 846 g/mol. The molecule has 0 aliphatic carbocycles. The quantitative estimate of drug-likeness (QED) is 0.157. The van der Waals surface area contributed by atoms with Crippen LogP contribution in [-0.2, 0) is 19.1 Å². The van der Waals surface area contributed by atoms with Crippen molar-refractivity contribution in [3.8, 4) is 10.4 Å². The molecule has 0 radical (unpaired) electrons. The lowest BCUT2D eigenvalue weighted by atomic mass is 9.85. The van der Waals surface area contributed by atoms with Crippen molar-refractivity contribution in [2.75, 3.05) is 44.2 Å². The number of carbonyl (C=O) groups excluding carboxylic acids is 5. The van der Waals surface area contributed by atoms with Crippen molar-refractivity contribution in [1.29, 1.82) is 0 Å². The number of amides is 5. The van der Waals surface area contributed by atoms with Gasteiger partial charge in [-0.1, -0.05) is 51.5 Å². The molecule has 2 fully saturated rings. The Morgan fingerprint density at radius 2 is 1.62 bits per heavy atom. The maximum atomic E-state index is 14.0. The zero-order valence-corrected chi connectivity index (χ0v) is 37.1. The first-order chi connectivity index (χ1) is 28.3. The minimum absolute atomic E-state index is 0.00326. The van der Waals surface area contributed by atoms with Crippen LogP contribution in [0, 0.1) is 12.3 Å². The standard InChI is InChI=1S/C44H62N8O7S/c1-28(30-13-15-31(16-14-30)37-29(2)47-27-60-37)48-40(56)35-24-33(53)26-52(35)41(57)38(43(3,4)5)49-36(54)12-10-9-11-19-45-39(55)34-18-17-32(25-46-34)50-20-22-51(23-21-50)42(58)59-44(6,7)8/h13-18,25,27-28,33,35,38,53H,9-12,19-24,26H2,1-8H3,(H,45,55)(H,48,56)(H,49,54)/t28-,33+,35-,38+/m0/s1. The summed E-state index contributed by atoms with van der Waals surface area (Å²) < 4.78 is 5.48. The number of anilines is 1. The van der Waals surface area contributed by atoms with Gasteiger partial charge in [0.1, 0.15) is 23.4 Å². The Hall–Kier alpha value is -5.09. The van der Waals surface area contributed by atoms with Gasteiger partial charge < -0.3 is 40.5 Å². The topological polar surface area (TPSA) is 186 Å². The third kappa shape index (κ3) is 12.5. The summed E-state index contributed by atoms with van der Waals surface area (Å²) in [5.74, 6) is -1.34. The number of nitrogens with zero attached hydrogens (tertiary/aromatic N) is 5. The van der Waals surface area contributed by atoms with E-state index in [4.69, 9.17) is 4.74 Å². The van der Waals surface area contributed by atoms with Crippen molar-refractivity contribution in [2.24, 2.45) is 5.41 Å². The van der Waals surface area contributed by atoms with E-state index >= 15 is 0 Å². The number of pyridine rings is 1. The summed E-state index contributed by atoms with van der Waals surface area (Å²) in [4.78, 5) is 81.0. The molecule has 2 saturated heterocycles. The number of unbranched alkanes of at least 4 members (excludes halogenated alkanes) is 2. The minimum atomic E-state index is -0.911. The number of hydrogen-bond acceptors (Lipinski definition) is 11. The Kier molecular flexibility index (Phi) is 15.3. The molecular weight excluding hydrogens is 785 g/mol. The van der Waals surface area contributed by atoms with Gasteiger partial charge in [0.2, 0.25) is 17.7 Å². The Morgan fingerprint density at radius 1 is 0.917 bits per heavy atom. The van der Waals surface area contributed by atoms with Gasteiger partial charge in [-0.3, -0.25) is 19.2 Å². The third-order valence-corrected chi connectivity index (χ3v) is 11.7. The first-order valence-electron chi connectivity index (χ1n) is 20.9. The van der Waals surface area contributed by atoms with Crippen molar-refractivity contribution in [3.05, 3.63) is 65.1 Å². The average Bonchev–Trinajstić information content (AvgIpc) is 3.82. The van der Waals surface area contributed by atoms with Gasteiger partial charge in [-0.15, -0.1) is 11.3 Å². The summed E-state index contributed by atoms with van der Waals surface area (Å²) in [6, 6.07) is 9.34. The van der Waals surface area contributed by atoms with E-state index in [-0.39, 0.29) is 49.2 Å². The highest BCUT2D eigenvalue weighted by molar-refractivity contribution is 7.13. The number of ether oxygens (including phenoxy) is 1. The number of β-amino-alcohol motifs (C(OH)–C–C–N with tert-alkyl or cyclic N) is 1. The largest absolute Gasteiger partial charge is 0.444 e. The van der Waals surface area contributed by atoms with Crippen LogP contribution >= 0.6 is 11.3 Å². The van der Waals surface area contributed by atoms with E-state index in [1.54, 1.807) is 28.5 Å². The molecule has 4 heterocycles. The maximum Gasteiger partial charge on any atom is 0.410 e. The zero-order valence-electron chi connectivity index (χ0n) is 36.2. The SMILES string of the molecule is Cc1ncsc1-c1ccc([C@H](C)NC(=O)[C@@H]2C[C@@H](O)CN2C(=O)[C@@H](NC(=O)CCCCCNC(=O)c2ccc(N3CCN(C(=O)OC(C)(C)C)CC3)cn2)C(C)(C)C)cc1. The molecule has 5 amide bonds. The number of aryl methyl sites for hydroxylation is 1. The van der Waals surface area contributed by atoms with Crippen molar-refractivity contribution >= 4 is 46.7 Å². The molecule has 2 aromatic heterocycles. The van der Waals surface area contributed by atoms with E-state index in [0.29, 0.717) is 57.7 Å². The predicted octanol–water partition coefficient (Wildman–Crippen LogP) is 5.23. The van der Waals surface area contributed by atoms with Crippen LogP contribution in [0.1, 0.15) is 108 Å². The average molecular weight is 847 g/mol. The van der Waals surface area contributed by atoms with Gasteiger partial charge >= 0.3 is 6.09 Å². The fourth-order valence-corrected chi connectivity index (χ4v) is 8.12. The molecule has 4 N–H and O–H groups in total. The van der Waals surface area contributed by atoms with Crippen molar-refractivity contribution < 1.29 is 33.8 Å². The molecule has 3 aromatic rings. The number of benzene rings is 1. The molecule has 60 heavy (non-hydrogen) atoms. The fraction of sp³-hybridized carbons (Fsp3) is 0.568. The van der Waals surface area contributed by atoms with Gasteiger partial charge in [0.05, 0.1) is 40.1 Å². The Morgan fingerprint density at radius 3 is 2.22 bits per heavy atom. The number of carbonyl (C=O) groups is 5. The van der Waals surface area contributed by atoms with Crippen LogP contribution in [-0.4, -0.2) is 118 Å². The highest BCUT2D eigenvalue weighted by atomic mass is 32.1. The lowest BCUT2D eigenvalue weighted by Gasteiger charge is -2.36. The summed E-state index contributed by atoms with van der Waals surface area (Å²) in [5.41, 5.74) is 4.70. The number of rotatable bonds is 14. The molecule has 2 aliphatic rings. The second-order valence-electron chi connectivity index (χ2n) is 17.8.